The molecular weight excluding hydrogens is 386 g/mol. The van der Waals surface area contributed by atoms with Crippen LogP contribution in [0.5, 0.6) is 0 Å². The molecule has 0 saturated carbocycles. The zero-order chi connectivity index (χ0) is 20.1. The molecule has 0 unspecified atom stereocenters. The quantitative estimate of drug-likeness (QED) is 0.271. The highest BCUT2D eigenvalue weighted by molar-refractivity contribution is 7.99. The lowest BCUT2D eigenvalue weighted by molar-refractivity contribution is -0.387. The third kappa shape index (κ3) is 4.33. The highest BCUT2D eigenvalue weighted by atomic mass is 32.2. The van der Waals surface area contributed by atoms with Crippen molar-refractivity contribution in [1.29, 1.82) is 0 Å². The number of aromatic nitrogens is 3. The Balaban J connectivity index is 1.60. The fourth-order valence-electron chi connectivity index (χ4n) is 2.96. The summed E-state index contributed by atoms with van der Waals surface area (Å²) in [6, 6.07) is 19.5. The predicted molar refractivity (Wildman–Crippen MR) is 113 cm³/mol. The summed E-state index contributed by atoms with van der Waals surface area (Å²) in [5, 5.41) is 16.1. The number of hydrogen-bond acceptors (Lipinski definition) is 7. The van der Waals surface area contributed by atoms with Crippen LogP contribution in [0.2, 0.25) is 0 Å². The van der Waals surface area contributed by atoms with Crippen LogP contribution in [0, 0.1) is 10.1 Å². The van der Waals surface area contributed by atoms with E-state index in [0.717, 1.165) is 27.8 Å². The van der Waals surface area contributed by atoms with Gasteiger partial charge in [-0.2, -0.15) is 0 Å². The maximum absolute atomic E-state index is 11.8. The van der Waals surface area contributed by atoms with E-state index in [0.29, 0.717) is 6.54 Å². The van der Waals surface area contributed by atoms with Crippen LogP contribution in [0.3, 0.4) is 0 Å². The number of rotatable bonds is 7. The molecule has 1 N–H and O–H groups in total. The van der Waals surface area contributed by atoms with Gasteiger partial charge in [0.1, 0.15) is 6.33 Å². The standard InChI is InChI=1S/C21H17N5O2S/c27-26(28)19-20(23-13-11-15-6-2-1-3-7-15)24-14-25-21(19)29-17-10-4-8-16-9-5-12-22-18(16)17/h1-10,12,14H,11,13H2,(H,23,24,25). The van der Waals surface area contributed by atoms with Gasteiger partial charge in [-0.15, -0.1) is 0 Å². The smallest absolute Gasteiger partial charge is 0.343 e. The number of pyridine rings is 1. The summed E-state index contributed by atoms with van der Waals surface area (Å²) in [7, 11) is 0. The Morgan fingerprint density at radius 1 is 0.966 bits per heavy atom. The van der Waals surface area contributed by atoms with Crippen molar-refractivity contribution in [2.75, 3.05) is 11.9 Å². The minimum Gasteiger partial charge on any atom is -0.364 e. The highest BCUT2D eigenvalue weighted by Crippen LogP contribution is 2.38. The van der Waals surface area contributed by atoms with Crippen LogP contribution in [-0.2, 0) is 6.42 Å². The van der Waals surface area contributed by atoms with Gasteiger partial charge in [0.05, 0.1) is 10.4 Å². The van der Waals surface area contributed by atoms with Crippen LogP contribution in [-0.4, -0.2) is 26.4 Å². The molecule has 4 aromatic rings. The van der Waals surface area contributed by atoms with E-state index in [-0.39, 0.29) is 16.5 Å². The van der Waals surface area contributed by atoms with Crippen molar-refractivity contribution >= 4 is 34.2 Å². The Morgan fingerprint density at radius 3 is 2.62 bits per heavy atom. The van der Waals surface area contributed by atoms with E-state index in [4.69, 9.17) is 0 Å². The fourth-order valence-corrected chi connectivity index (χ4v) is 3.95. The maximum atomic E-state index is 11.8. The third-order valence-electron chi connectivity index (χ3n) is 4.32. The lowest BCUT2D eigenvalue weighted by atomic mass is 10.1. The van der Waals surface area contributed by atoms with Gasteiger partial charge in [0.25, 0.3) is 0 Å². The Kier molecular flexibility index (Phi) is 5.62. The Bertz CT molecular complexity index is 1150. The van der Waals surface area contributed by atoms with Gasteiger partial charge in [-0.3, -0.25) is 15.1 Å². The van der Waals surface area contributed by atoms with E-state index in [9.17, 15) is 10.1 Å². The number of hydrogen-bond donors (Lipinski definition) is 1. The minimum atomic E-state index is -0.439. The minimum absolute atomic E-state index is 0.126. The summed E-state index contributed by atoms with van der Waals surface area (Å²) < 4.78 is 0. The van der Waals surface area contributed by atoms with Gasteiger partial charge < -0.3 is 5.32 Å². The molecule has 2 aromatic heterocycles. The molecule has 0 radical (unpaired) electrons. The van der Waals surface area contributed by atoms with Crippen molar-refractivity contribution in [3.8, 4) is 0 Å². The third-order valence-corrected chi connectivity index (χ3v) is 5.36. The van der Waals surface area contributed by atoms with Crippen molar-refractivity contribution in [3.63, 3.8) is 0 Å². The summed E-state index contributed by atoms with van der Waals surface area (Å²) >= 11 is 1.22. The number of para-hydroxylation sites is 1. The predicted octanol–water partition coefficient (Wildman–Crippen LogP) is 4.74. The van der Waals surface area contributed by atoms with Gasteiger partial charge in [0.15, 0.2) is 5.03 Å². The van der Waals surface area contributed by atoms with Crippen LogP contribution in [0.25, 0.3) is 10.9 Å². The average Bonchev–Trinajstić information content (AvgIpc) is 2.75. The van der Waals surface area contributed by atoms with E-state index in [2.05, 4.69) is 20.3 Å². The molecule has 0 aliphatic rings. The molecular formula is C21H17N5O2S. The molecule has 0 atom stereocenters. The van der Waals surface area contributed by atoms with Gasteiger partial charge in [-0.05, 0) is 24.1 Å². The van der Waals surface area contributed by atoms with Crippen LogP contribution >= 0.6 is 11.8 Å². The van der Waals surface area contributed by atoms with Crippen LogP contribution in [0.15, 0.2) is 83.1 Å². The van der Waals surface area contributed by atoms with Crippen molar-refractivity contribution in [3.05, 3.63) is 88.9 Å². The largest absolute Gasteiger partial charge is 0.364 e. The number of fused-ring (bicyclic) bond motifs is 1. The van der Waals surface area contributed by atoms with Crippen molar-refractivity contribution in [2.45, 2.75) is 16.3 Å². The summed E-state index contributed by atoms with van der Waals surface area (Å²) in [5.41, 5.74) is 1.80. The van der Waals surface area contributed by atoms with Crippen molar-refractivity contribution in [1.82, 2.24) is 15.0 Å². The molecule has 0 aliphatic heterocycles. The van der Waals surface area contributed by atoms with Crippen LogP contribution in [0.1, 0.15) is 5.56 Å². The highest BCUT2D eigenvalue weighted by Gasteiger charge is 2.24. The van der Waals surface area contributed by atoms with E-state index in [1.807, 2.05) is 60.7 Å². The summed E-state index contributed by atoms with van der Waals surface area (Å²) in [4.78, 5) is 24.8. The van der Waals surface area contributed by atoms with Gasteiger partial charge in [-0.1, -0.05) is 60.3 Å². The fraction of sp³-hybridized carbons (Fsp3) is 0.0952. The molecule has 0 saturated heterocycles. The molecule has 0 bridgehead atoms. The number of nitro groups is 1. The molecule has 144 valence electrons. The first-order valence-electron chi connectivity index (χ1n) is 9.01. The molecule has 0 fully saturated rings. The van der Waals surface area contributed by atoms with Gasteiger partial charge >= 0.3 is 5.69 Å². The first-order chi connectivity index (χ1) is 14.2. The normalized spacial score (nSPS) is 10.8. The molecule has 4 rings (SSSR count). The second-order valence-corrected chi connectivity index (χ2v) is 7.26. The van der Waals surface area contributed by atoms with E-state index in [1.54, 1.807) is 6.20 Å². The Labute approximate surface area is 171 Å². The van der Waals surface area contributed by atoms with Crippen LogP contribution < -0.4 is 5.32 Å². The monoisotopic (exact) mass is 403 g/mol. The molecule has 2 heterocycles. The van der Waals surface area contributed by atoms with Gasteiger partial charge in [0, 0.05) is 23.0 Å². The second kappa shape index (κ2) is 8.66. The number of nitrogens with zero attached hydrogens (tertiary/aromatic N) is 4. The van der Waals surface area contributed by atoms with E-state index in [1.165, 1.54) is 18.1 Å². The molecule has 8 heteroatoms. The molecule has 0 amide bonds. The first kappa shape index (κ1) is 18.8. The molecule has 29 heavy (non-hydrogen) atoms. The van der Waals surface area contributed by atoms with Gasteiger partial charge in [-0.25, -0.2) is 9.97 Å². The molecule has 0 spiro atoms. The topological polar surface area (TPSA) is 93.8 Å². The first-order valence-corrected chi connectivity index (χ1v) is 9.83. The second-order valence-electron chi connectivity index (χ2n) is 6.23. The van der Waals surface area contributed by atoms with Crippen molar-refractivity contribution < 1.29 is 4.92 Å². The zero-order valence-electron chi connectivity index (χ0n) is 15.4. The SMILES string of the molecule is O=[N+]([O-])c1c(NCCc2ccccc2)ncnc1Sc1cccc2cccnc12. The molecule has 0 aliphatic carbocycles. The van der Waals surface area contributed by atoms with Crippen LogP contribution in [0.4, 0.5) is 11.5 Å². The van der Waals surface area contributed by atoms with E-state index >= 15 is 0 Å². The number of benzene rings is 2. The summed E-state index contributed by atoms with van der Waals surface area (Å²) in [6.45, 7) is 0.530. The Hall–Kier alpha value is -3.52. The zero-order valence-corrected chi connectivity index (χ0v) is 16.2. The number of anilines is 1. The summed E-state index contributed by atoms with van der Waals surface area (Å²) in [5.74, 6) is 0.219. The maximum Gasteiger partial charge on any atom is 0.343 e. The lowest BCUT2D eigenvalue weighted by Gasteiger charge is -2.09. The number of nitrogens with one attached hydrogen (secondary N) is 1. The Morgan fingerprint density at radius 2 is 1.79 bits per heavy atom. The molecule has 2 aromatic carbocycles. The summed E-state index contributed by atoms with van der Waals surface area (Å²) in [6.07, 6.45) is 3.79. The lowest BCUT2D eigenvalue weighted by Crippen LogP contribution is -2.09. The average molecular weight is 403 g/mol. The van der Waals surface area contributed by atoms with Crippen molar-refractivity contribution in [2.24, 2.45) is 0 Å². The molecule has 7 nitrogen and oxygen atoms in total. The van der Waals surface area contributed by atoms with E-state index < -0.39 is 4.92 Å². The van der Waals surface area contributed by atoms with Gasteiger partial charge in [0.2, 0.25) is 5.82 Å².